The van der Waals surface area contributed by atoms with Gasteiger partial charge in [-0.25, -0.2) is 0 Å². The van der Waals surface area contributed by atoms with Crippen molar-refractivity contribution in [2.45, 2.75) is 51.1 Å². The van der Waals surface area contributed by atoms with Crippen molar-refractivity contribution < 1.29 is 4.74 Å². The lowest BCUT2D eigenvalue weighted by atomic mass is 9.80. The molecule has 118 valence electrons. The molecular weight excluding hydrogens is 260 g/mol. The summed E-state index contributed by atoms with van der Waals surface area (Å²) in [5, 5.41) is 3.67. The number of nitrogens with zero attached hydrogens (tertiary/aromatic N) is 1. The van der Waals surface area contributed by atoms with Crippen LogP contribution < -0.4 is 10.1 Å². The third-order valence-electron chi connectivity index (χ3n) is 4.77. The zero-order chi connectivity index (χ0) is 15.1. The molecule has 0 atom stereocenters. The molecule has 1 aliphatic carbocycles. The van der Waals surface area contributed by atoms with Crippen molar-refractivity contribution in [1.82, 2.24) is 10.2 Å². The molecule has 21 heavy (non-hydrogen) atoms. The van der Waals surface area contributed by atoms with Crippen LogP contribution in [0.5, 0.6) is 5.75 Å². The first kappa shape index (κ1) is 16.3. The zero-order valence-corrected chi connectivity index (χ0v) is 13.8. The van der Waals surface area contributed by atoms with Crippen molar-refractivity contribution in [2.75, 3.05) is 27.2 Å². The molecule has 1 aromatic carbocycles. The molecule has 1 aliphatic rings. The minimum absolute atomic E-state index is 0.332. The minimum Gasteiger partial charge on any atom is -0.494 e. The van der Waals surface area contributed by atoms with Gasteiger partial charge in [-0.05, 0) is 39.9 Å². The lowest BCUT2D eigenvalue weighted by Gasteiger charge is -2.43. The highest BCUT2D eigenvalue weighted by molar-refractivity contribution is 5.33. The van der Waals surface area contributed by atoms with E-state index in [4.69, 9.17) is 4.74 Å². The summed E-state index contributed by atoms with van der Waals surface area (Å²) in [6.07, 6.45) is 6.72. The quantitative estimate of drug-likeness (QED) is 0.832. The molecule has 0 bridgehead atoms. The molecule has 0 unspecified atom stereocenters. The van der Waals surface area contributed by atoms with Crippen LogP contribution in [0.1, 0.15) is 44.6 Å². The SMILES string of the molecule is CCOc1ccccc1CNCC1(N(C)C)CCCCC1. The van der Waals surface area contributed by atoms with Gasteiger partial charge in [0.1, 0.15) is 5.75 Å². The van der Waals surface area contributed by atoms with Crippen LogP contribution in [-0.2, 0) is 6.54 Å². The van der Waals surface area contributed by atoms with E-state index in [1.165, 1.54) is 37.7 Å². The predicted molar refractivity (Wildman–Crippen MR) is 88.8 cm³/mol. The Labute approximate surface area is 129 Å². The fraction of sp³-hybridized carbons (Fsp3) is 0.667. The maximum absolute atomic E-state index is 5.70. The van der Waals surface area contributed by atoms with Gasteiger partial charge in [-0.3, -0.25) is 0 Å². The number of nitrogens with one attached hydrogen (secondary N) is 1. The molecule has 3 heteroatoms. The summed E-state index contributed by atoms with van der Waals surface area (Å²) >= 11 is 0. The molecule has 1 saturated carbocycles. The number of hydrogen-bond donors (Lipinski definition) is 1. The normalized spacial score (nSPS) is 17.9. The van der Waals surface area contributed by atoms with Crippen molar-refractivity contribution in [2.24, 2.45) is 0 Å². The Bertz CT molecular complexity index is 425. The minimum atomic E-state index is 0.332. The Morgan fingerprint density at radius 2 is 1.86 bits per heavy atom. The topological polar surface area (TPSA) is 24.5 Å². The van der Waals surface area contributed by atoms with Gasteiger partial charge in [0.25, 0.3) is 0 Å². The molecule has 0 heterocycles. The van der Waals surface area contributed by atoms with Crippen LogP contribution >= 0.6 is 0 Å². The molecule has 1 aromatic rings. The summed E-state index contributed by atoms with van der Waals surface area (Å²) in [7, 11) is 4.45. The van der Waals surface area contributed by atoms with Gasteiger partial charge in [-0.2, -0.15) is 0 Å². The highest BCUT2D eigenvalue weighted by Crippen LogP contribution is 2.31. The van der Waals surface area contributed by atoms with E-state index < -0.39 is 0 Å². The lowest BCUT2D eigenvalue weighted by Crippen LogP contribution is -2.52. The summed E-state index contributed by atoms with van der Waals surface area (Å²) in [6, 6.07) is 8.34. The highest BCUT2D eigenvalue weighted by atomic mass is 16.5. The molecule has 1 fully saturated rings. The van der Waals surface area contributed by atoms with E-state index in [-0.39, 0.29) is 0 Å². The zero-order valence-electron chi connectivity index (χ0n) is 13.8. The second-order valence-electron chi connectivity index (χ2n) is 6.32. The van der Waals surface area contributed by atoms with E-state index in [2.05, 4.69) is 42.5 Å². The first-order valence-corrected chi connectivity index (χ1v) is 8.27. The van der Waals surface area contributed by atoms with Gasteiger partial charge < -0.3 is 15.0 Å². The van der Waals surface area contributed by atoms with Gasteiger partial charge in [0.2, 0.25) is 0 Å². The van der Waals surface area contributed by atoms with Crippen molar-refractivity contribution >= 4 is 0 Å². The summed E-state index contributed by atoms with van der Waals surface area (Å²) in [5.41, 5.74) is 1.59. The van der Waals surface area contributed by atoms with Crippen LogP contribution in [0.15, 0.2) is 24.3 Å². The molecule has 3 nitrogen and oxygen atoms in total. The molecule has 0 aromatic heterocycles. The van der Waals surface area contributed by atoms with E-state index in [0.717, 1.165) is 25.4 Å². The summed E-state index contributed by atoms with van der Waals surface area (Å²) in [6.45, 7) is 4.69. The van der Waals surface area contributed by atoms with Crippen LogP contribution in [0, 0.1) is 0 Å². The maximum Gasteiger partial charge on any atom is 0.123 e. The van der Waals surface area contributed by atoms with E-state index in [1.807, 2.05) is 13.0 Å². The fourth-order valence-corrected chi connectivity index (χ4v) is 3.37. The Morgan fingerprint density at radius 3 is 2.52 bits per heavy atom. The second kappa shape index (κ2) is 7.81. The summed E-state index contributed by atoms with van der Waals surface area (Å²) in [5.74, 6) is 1.01. The third-order valence-corrected chi connectivity index (χ3v) is 4.77. The first-order chi connectivity index (χ1) is 10.2. The average molecular weight is 290 g/mol. The molecule has 0 aliphatic heterocycles. The van der Waals surface area contributed by atoms with Gasteiger partial charge in [0.15, 0.2) is 0 Å². The summed E-state index contributed by atoms with van der Waals surface area (Å²) < 4.78 is 5.70. The van der Waals surface area contributed by atoms with Gasteiger partial charge in [0, 0.05) is 24.2 Å². The molecule has 1 N–H and O–H groups in total. The third kappa shape index (κ3) is 4.21. The van der Waals surface area contributed by atoms with Gasteiger partial charge >= 0.3 is 0 Å². The molecule has 0 radical (unpaired) electrons. The second-order valence-corrected chi connectivity index (χ2v) is 6.32. The number of para-hydroxylation sites is 1. The van der Waals surface area contributed by atoms with Gasteiger partial charge in [0.05, 0.1) is 6.61 Å². The van der Waals surface area contributed by atoms with Gasteiger partial charge in [-0.1, -0.05) is 37.5 Å². The van der Waals surface area contributed by atoms with E-state index in [1.54, 1.807) is 0 Å². The monoisotopic (exact) mass is 290 g/mol. The van der Waals surface area contributed by atoms with Gasteiger partial charge in [-0.15, -0.1) is 0 Å². The van der Waals surface area contributed by atoms with Crippen LogP contribution in [0.2, 0.25) is 0 Å². The Kier molecular flexibility index (Phi) is 6.07. The van der Waals surface area contributed by atoms with Crippen molar-refractivity contribution in [1.29, 1.82) is 0 Å². The fourth-order valence-electron chi connectivity index (χ4n) is 3.37. The Balaban J connectivity index is 1.93. The lowest BCUT2D eigenvalue weighted by molar-refractivity contribution is 0.0983. The Hall–Kier alpha value is -1.06. The van der Waals surface area contributed by atoms with Crippen molar-refractivity contribution in [3.8, 4) is 5.75 Å². The maximum atomic E-state index is 5.70. The van der Waals surface area contributed by atoms with E-state index in [0.29, 0.717) is 5.54 Å². The largest absolute Gasteiger partial charge is 0.494 e. The van der Waals surface area contributed by atoms with Crippen molar-refractivity contribution in [3.63, 3.8) is 0 Å². The van der Waals surface area contributed by atoms with E-state index >= 15 is 0 Å². The van der Waals surface area contributed by atoms with Crippen LogP contribution in [0.4, 0.5) is 0 Å². The number of ether oxygens (including phenoxy) is 1. The smallest absolute Gasteiger partial charge is 0.123 e. The highest BCUT2D eigenvalue weighted by Gasteiger charge is 2.33. The van der Waals surface area contributed by atoms with E-state index in [9.17, 15) is 0 Å². The molecule has 0 amide bonds. The molecule has 2 rings (SSSR count). The number of likely N-dealkylation sites (N-methyl/N-ethyl adjacent to an activating group) is 1. The number of rotatable bonds is 7. The standard InChI is InChI=1S/C18H30N2O/c1-4-21-17-11-7-6-10-16(17)14-19-15-18(20(2)3)12-8-5-9-13-18/h6-7,10-11,19H,4-5,8-9,12-15H2,1-3H3. The molecule has 0 spiro atoms. The van der Waals surface area contributed by atoms with Crippen LogP contribution in [0.25, 0.3) is 0 Å². The average Bonchev–Trinajstić information content (AvgIpc) is 2.50. The predicted octanol–water partition coefficient (Wildman–Crippen LogP) is 3.44. The summed E-state index contributed by atoms with van der Waals surface area (Å²) in [4.78, 5) is 2.42. The Morgan fingerprint density at radius 1 is 1.14 bits per heavy atom. The number of hydrogen-bond acceptors (Lipinski definition) is 3. The molecule has 0 saturated heterocycles. The van der Waals surface area contributed by atoms with Crippen LogP contribution in [-0.4, -0.2) is 37.7 Å². The van der Waals surface area contributed by atoms with Crippen molar-refractivity contribution in [3.05, 3.63) is 29.8 Å². The first-order valence-electron chi connectivity index (χ1n) is 8.27. The number of benzene rings is 1. The van der Waals surface area contributed by atoms with Crippen LogP contribution in [0.3, 0.4) is 0 Å². The molecular formula is C18H30N2O.